The number of hydrogen-bond acceptors (Lipinski definition) is 6. The van der Waals surface area contributed by atoms with Crippen molar-refractivity contribution in [2.45, 2.75) is 63.6 Å². The third-order valence-corrected chi connectivity index (χ3v) is 6.93. The number of halogens is 3. The predicted molar refractivity (Wildman–Crippen MR) is 137 cm³/mol. The molecule has 37 heavy (non-hydrogen) atoms. The van der Waals surface area contributed by atoms with E-state index in [0.717, 1.165) is 37.6 Å². The fourth-order valence-electron chi connectivity index (χ4n) is 3.84. The van der Waals surface area contributed by atoms with Crippen LogP contribution >= 0.6 is 11.8 Å². The second-order valence-electron chi connectivity index (χ2n) is 8.89. The number of ketones is 2. The van der Waals surface area contributed by atoms with Crippen LogP contribution < -0.4 is 10.6 Å². The molecule has 1 aromatic carbocycles. The number of benzene rings is 1. The van der Waals surface area contributed by atoms with E-state index in [1.165, 1.54) is 0 Å². The molecule has 1 aliphatic rings. The number of nitrogens with zero attached hydrogens (tertiary/aromatic N) is 1. The summed E-state index contributed by atoms with van der Waals surface area (Å²) in [5, 5.41) is 5.53. The van der Waals surface area contributed by atoms with Gasteiger partial charge in [0, 0.05) is 31.2 Å². The molecule has 0 radical (unpaired) electrons. The largest absolute Gasteiger partial charge is 0.450 e. The van der Waals surface area contributed by atoms with Gasteiger partial charge in [-0.1, -0.05) is 30.3 Å². The van der Waals surface area contributed by atoms with Gasteiger partial charge in [0.1, 0.15) is 12.8 Å². The summed E-state index contributed by atoms with van der Waals surface area (Å²) in [6.07, 6.45) is 1.79. The smallest absolute Gasteiger partial charge is 0.300 e. The summed E-state index contributed by atoms with van der Waals surface area (Å²) in [5.41, 5.74) is 0.573. The van der Waals surface area contributed by atoms with Crippen LogP contribution in [0, 0.1) is 0 Å². The average Bonchev–Trinajstić information content (AvgIpc) is 2.87. The average molecular weight is 543 g/mol. The molecule has 2 N–H and O–H groups in total. The van der Waals surface area contributed by atoms with Crippen molar-refractivity contribution in [3.05, 3.63) is 35.9 Å². The third kappa shape index (κ3) is 12.5. The topological polar surface area (TPSA) is 95.4 Å². The molecular weight excluding hydrogens is 507 g/mol. The minimum Gasteiger partial charge on any atom is -0.300 e. The lowest BCUT2D eigenvalue weighted by Crippen LogP contribution is -2.47. The summed E-state index contributed by atoms with van der Waals surface area (Å²) >= 11 is 0.873. The molecule has 0 aromatic heterocycles. The summed E-state index contributed by atoms with van der Waals surface area (Å²) < 4.78 is 39.2. The molecule has 1 aliphatic heterocycles. The first kappa shape index (κ1) is 30.7. The standard InChI is InChI=1S/C26H34F3N3O4S/c27-26(28,29)23(34)19-37-18-8-11-21(30-14-17-32-15-5-2-6-16-32)25(36)31-24(35)13-7-12-22(33)20-9-3-1-4-10-20/h1,3-4,9-10,15,21,30H,2,5-8,11-14,16-19H2/p+1/t21-/m0/s1. The van der Waals surface area contributed by atoms with Gasteiger partial charge in [-0.15, -0.1) is 0 Å². The number of imide groups is 1. The molecule has 1 heterocycles. The molecule has 0 aliphatic carbocycles. The predicted octanol–water partition coefficient (Wildman–Crippen LogP) is 3.55. The Balaban J connectivity index is 1.78. The number of carbonyl (C=O) groups excluding carboxylic acids is 4. The maximum Gasteiger partial charge on any atom is 0.450 e. The highest BCUT2D eigenvalue weighted by molar-refractivity contribution is 7.99. The van der Waals surface area contributed by atoms with Gasteiger partial charge < -0.3 is 0 Å². The van der Waals surface area contributed by atoms with Crippen molar-refractivity contribution < 1.29 is 36.9 Å². The van der Waals surface area contributed by atoms with Crippen molar-refractivity contribution >= 4 is 41.4 Å². The van der Waals surface area contributed by atoms with Crippen molar-refractivity contribution in [3.63, 3.8) is 0 Å². The van der Waals surface area contributed by atoms with Crippen molar-refractivity contribution in [1.82, 2.24) is 10.6 Å². The third-order valence-electron chi connectivity index (χ3n) is 5.89. The Bertz CT molecular complexity index is 939. The monoisotopic (exact) mass is 542 g/mol. The van der Waals surface area contributed by atoms with Gasteiger partial charge in [0.05, 0.1) is 18.3 Å². The molecule has 204 valence electrons. The van der Waals surface area contributed by atoms with E-state index in [1.54, 1.807) is 24.3 Å². The van der Waals surface area contributed by atoms with E-state index in [0.29, 0.717) is 37.9 Å². The zero-order chi connectivity index (χ0) is 27.1. The molecule has 0 saturated carbocycles. The molecule has 0 unspecified atom stereocenters. The molecule has 11 heteroatoms. The summed E-state index contributed by atoms with van der Waals surface area (Å²) in [6.45, 7) is 2.16. The number of nitrogens with one attached hydrogen (secondary N) is 2. The van der Waals surface area contributed by atoms with Crippen LogP contribution in [0.1, 0.15) is 61.7 Å². The number of amides is 2. The van der Waals surface area contributed by atoms with Crippen molar-refractivity contribution in [2.24, 2.45) is 0 Å². The van der Waals surface area contributed by atoms with Crippen LogP contribution in [0.2, 0.25) is 0 Å². The molecule has 2 rings (SSSR count). The van der Waals surface area contributed by atoms with Gasteiger partial charge >= 0.3 is 6.18 Å². The highest BCUT2D eigenvalue weighted by atomic mass is 32.2. The Kier molecular flexibility index (Phi) is 13.6. The fraction of sp³-hybridized carbons (Fsp3) is 0.577. The summed E-state index contributed by atoms with van der Waals surface area (Å²) in [7, 11) is 0. The zero-order valence-electron chi connectivity index (χ0n) is 20.9. The Morgan fingerprint density at radius 3 is 2.46 bits per heavy atom. The Morgan fingerprint density at radius 2 is 1.78 bits per heavy atom. The first-order chi connectivity index (χ1) is 17.7. The highest BCUT2D eigenvalue weighted by Crippen LogP contribution is 2.19. The van der Waals surface area contributed by atoms with Gasteiger partial charge in [-0.2, -0.15) is 24.9 Å². The molecule has 7 nitrogen and oxygen atoms in total. The Hall–Kier alpha value is -2.53. The van der Waals surface area contributed by atoms with E-state index in [2.05, 4.69) is 21.4 Å². The van der Waals surface area contributed by atoms with Crippen molar-refractivity contribution in [3.8, 4) is 0 Å². The first-order valence-electron chi connectivity index (χ1n) is 12.6. The molecule has 2 amide bonds. The second-order valence-corrected chi connectivity index (χ2v) is 10.00. The van der Waals surface area contributed by atoms with E-state index in [-0.39, 0.29) is 24.4 Å². The SMILES string of the molecule is O=C(CCCC(=O)c1ccccc1)NC(=O)[C@H](CCCSCC(=O)C(F)(F)F)NCC[N+]1=CCCCC1. The number of hydrogen-bond donors (Lipinski definition) is 2. The Morgan fingerprint density at radius 1 is 1.03 bits per heavy atom. The molecule has 0 bridgehead atoms. The molecule has 1 atom stereocenters. The molecule has 1 aromatic rings. The quantitative estimate of drug-likeness (QED) is 0.189. The van der Waals surface area contributed by atoms with Crippen LogP contribution in [0.4, 0.5) is 13.2 Å². The van der Waals surface area contributed by atoms with Gasteiger partial charge in [0.15, 0.2) is 12.3 Å². The fourth-order valence-corrected chi connectivity index (χ4v) is 4.70. The number of Topliss-reactive ketones (excluding diaryl/α,β-unsaturated/α-hetero) is 2. The van der Waals surface area contributed by atoms with Crippen LogP contribution in [0.25, 0.3) is 0 Å². The van der Waals surface area contributed by atoms with Crippen LogP contribution in [0.3, 0.4) is 0 Å². The van der Waals surface area contributed by atoms with E-state index in [9.17, 15) is 32.3 Å². The maximum atomic E-state index is 12.8. The van der Waals surface area contributed by atoms with Crippen molar-refractivity contribution in [1.29, 1.82) is 0 Å². The highest BCUT2D eigenvalue weighted by Gasteiger charge is 2.37. The lowest BCUT2D eigenvalue weighted by molar-refractivity contribution is -0.526. The van der Waals surface area contributed by atoms with Gasteiger partial charge in [0.25, 0.3) is 0 Å². The van der Waals surface area contributed by atoms with Gasteiger partial charge in [-0.3, -0.25) is 29.8 Å². The second kappa shape index (κ2) is 16.3. The Labute approximate surface area is 219 Å². The lowest BCUT2D eigenvalue weighted by atomic mass is 10.1. The molecule has 0 spiro atoms. The van der Waals surface area contributed by atoms with Crippen LogP contribution in [0.15, 0.2) is 30.3 Å². The van der Waals surface area contributed by atoms with Gasteiger partial charge in [-0.25, -0.2) is 4.58 Å². The normalized spacial score (nSPS) is 14.5. The van der Waals surface area contributed by atoms with E-state index >= 15 is 0 Å². The van der Waals surface area contributed by atoms with Crippen LogP contribution in [0.5, 0.6) is 0 Å². The minimum atomic E-state index is -4.84. The number of thioether (sulfide) groups is 1. The summed E-state index contributed by atoms with van der Waals surface area (Å²) in [4.78, 5) is 48.3. The number of carbonyl (C=O) groups is 4. The van der Waals surface area contributed by atoms with Gasteiger partial charge in [0.2, 0.25) is 17.6 Å². The van der Waals surface area contributed by atoms with Crippen LogP contribution in [-0.2, 0) is 14.4 Å². The maximum absolute atomic E-state index is 12.8. The van der Waals surface area contributed by atoms with Crippen LogP contribution in [-0.4, -0.2) is 77.5 Å². The number of alkyl halides is 3. The number of rotatable bonds is 16. The molecule has 0 fully saturated rings. The molecular formula is C26H35F3N3O4S+. The van der Waals surface area contributed by atoms with E-state index < -0.39 is 35.6 Å². The first-order valence-corrected chi connectivity index (χ1v) is 13.7. The van der Waals surface area contributed by atoms with E-state index in [1.807, 2.05) is 6.07 Å². The zero-order valence-corrected chi connectivity index (χ0v) is 21.7. The molecule has 0 saturated heterocycles. The van der Waals surface area contributed by atoms with Gasteiger partial charge in [-0.05, 0) is 31.4 Å². The lowest BCUT2D eigenvalue weighted by Gasteiger charge is -2.18. The summed E-state index contributed by atoms with van der Waals surface area (Å²) in [6, 6.07) is 8.07. The summed E-state index contributed by atoms with van der Waals surface area (Å²) in [5.74, 6) is -3.21. The van der Waals surface area contributed by atoms with Crippen molar-refractivity contribution in [2.75, 3.05) is 31.1 Å². The van der Waals surface area contributed by atoms with E-state index in [4.69, 9.17) is 0 Å². The minimum absolute atomic E-state index is 0.0230.